The lowest BCUT2D eigenvalue weighted by atomic mass is 10.1. The van der Waals surface area contributed by atoms with Crippen molar-refractivity contribution in [2.75, 3.05) is 11.1 Å². The Labute approximate surface area is 99.5 Å². The molecule has 0 atom stereocenters. The third kappa shape index (κ3) is 2.33. The molecule has 1 aromatic heterocycles. The largest absolute Gasteiger partial charge is 0.383 e. The molecule has 0 fully saturated rings. The molecular weight excluding hydrogens is 218 g/mol. The number of nitrogen functional groups attached to an aromatic ring is 1. The number of benzene rings is 1. The summed E-state index contributed by atoms with van der Waals surface area (Å²) in [5, 5.41) is 4.40. The molecule has 16 heavy (non-hydrogen) atoms. The van der Waals surface area contributed by atoms with Crippen LogP contribution in [0.5, 0.6) is 0 Å². The van der Waals surface area contributed by atoms with E-state index in [1.165, 1.54) is 22.7 Å². The smallest absolute Gasteiger partial charge is 0.142 e. The summed E-state index contributed by atoms with van der Waals surface area (Å²) in [5.74, 6) is 0.622. The van der Waals surface area contributed by atoms with Crippen LogP contribution in [-0.4, -0.2) is 4.37 Å². The third-order valence-corrected chi connectivity index (χ3v) is 3.45. The summed E-state index contributed by atoms with van der Waals surface area (Å²) >= 11 is 1.41. The minimum absolute atomic E-state index is 0.622. The van der Waals surface area contributed by atoms with Crippen molar-refractivity contribution in [3.05, 3.63) is 41.0 Å². The molecule has 0 aliphatic rings. The van der Waals surface area contributed by atoms with E-state index in [0.717, 1.165) is 17.1 Å². The number of nitrogens with zero attached hydrogens (tertiary/aromatic N) is 1. The maximum absolute atomic E-state index is 5.69. The summed E-state index contributed by atoms with van der Waals surface area (Å²) in [6.07, 6.45) is 0. The topological polar surface area (TPSA) is 50.9 Å². The van der Waals surface area contributed by atoms with Crippen LogP contribution in [0.1, 0.15) is 16.7 Å². The highest BCUT2D eigenvalue weighted by Crippen LogP contribution is 2.25. The van der Waals surface area contributed by atoms with Gasteiger partial charge in [-0.25, -0.2) is 0 Å². The summed E-state index contributed by atoms with van der Waals surface area (Å²) in [5.41, 5.74) is 9.27. The van der Waals surface area contributed by atoms with Gasteiger partial charge in [-0.3, -0.25) is 0 Å². The van der Waals surface area contributed by atoms with Crippen LogP contribution >= 0.6 is 11.5 Å². The number of hydrogen-bond acceptors (Lipinski definition) is 4. The molecule has 4 heteroatoms. The predicted molar refractivity (Wildman–Crippen MR) is 69.8 cm³/mol. The molecule has 3 nitrogen and oxygen atoms in total. The van der Waals surface area contributed by atoms with Gasteiger partial charge in [0.25, 0.3) is 0 Å². The normalized spacial score (nSPS) is 10.4. The molecule has 0 amide bonds. The van der Waals surface area contributed by atoms with E-state index in [-0.39, 0.29) is 0 Å². The van der Waals surface area contributed by atoms with Crippen molar-refractivity contribution in [2.45, 2.75) is 20.4 Å². The van der Waals surface area contributed by atoms with E-state index < -0.39 is 0 Å². The van der Waals surface area contributed by atoms with Gasteiger partial charge in [0, 0.05) is 12.1 Å². The summed E-state index contributed by atoms with van der Waals surface area (Å²) in [7, 11) is 0. The molecule has 1 aromatic carbocycles. The molecule has 0 aliphatic heterocycles. The maximum atomic E-state index is 5.69. The Morgan fingerprint density at radius 2 is 1.94 bits per heavy atom. The average Bonchev–Trinajstić information content (AvgIpc) is 2.60. The standard InChI is InChI=1S/C12H15N3S/c1-8-3-5-10(6-4-8)7-14-12-9(2)11(13)15-16-12/h3-6,14H,7H2,1-2H3,(H2,13,15). The fraction of sp³-hybridized carbons (Fsp3) is 0.250. The Balaban J connectivity index is 2.02. The number of aromatic nitrogens is 1. The summed E-state index contributed by atoms with van der Waals surface area (Å²) in [6.45, 7) is 4.88. The van der Waals surface area contributed by atoms with Crippen LogP contribution in [0.15, 0.2) is 24.3 Å². The average molecular weight is 233 g/mol. The lowest BCUT2D eigenvalue weighted by molar-refractivity contribution is 1.15. The van der Waals surface area contributed by atoms with Crippen LogP contribution in [0.4, 0.5) is 10.8 Å². The van der Waals surface area contributed by atoms with Gasteiger partial charge in [-0.2, -0.15) is 4.37 Å². The van der Waals surface area contributed by atoms with Crippen molar-refractivity contribution in [1.29, 1.82) is 0 Å². The number of rotatable bonds is 3. The Bertz CT molecular complexity index is 474. The number of aryl methyl sites for hydroxylation is 1. The Morgan fingerprint density at radius 3 is 2.50 bits per heavy atom. The predicted octanol–water partition coefficient (Wildman–Crippen LogP) is 2.95. The van der Waals surface area contributed by atoms with E-state index in [1.54, 1.807) is 0 Å². The fourth-order valence-corrected chi connectivity index (χ4v) is 2.11. The molecule has 0 bridgehead atoms. The van der Waals surface area contributed by atoms with Crippen molar-refractivity contribution >= 4 is 22.4 Å². The maximum Gasteiger partial charge on any atom is 0.142 e. The van der Waals surface area contributed by atoms with Gasteiger partial charge in [0.1, 0.15) is 10.8 Å². The van der Waals surface area contributed by atoms with E-state index >= 15 is 0 Å². The van der Waals surface area contributed by atoms with Crippen molar-refractivity contribution in [3.63, 3.8) is 0 Å². The molecule has 2 rings (SSSR count). The van der Waals surface area contributed by atoms with Gasteiger partial charge in [0.05, 0.1) is 0 Å². The lowest BCUT2D eigenvalue weighted by Gasteiger charge is -2.05. The number of hydrogen-bond donors (Lipinski definition) is 2. The monoisotopic (exact) mass is 233 g/mol. The summed E-state index contributed by atoms with van der Waals surface area (Å²) < 4.78 is 4.10. The van der Waals surface area contributed by atoms with Gasteiger partial charge in [0.2, 0.25) is 0 Å². The first-order valence-corrected chi connectivity index (χ1v) is 5.95. The van der Waals surface area contributed by atoms with Gasteiger partial charge < -0.3 is 11.1 Å². The minimum Gasteiger partial charge on any atom is -0.383 e. The molecule has 0 saturated heterocycles. The van der Waals surface area contributed by atoms with Crippen LogP contribution in [0.3, 0.4) is 0 Å². The molecule has 1 heterocycles. The van der Waals surface area contributed by atoms with E-state index in [2.05, 4.69) is 40.9 Å². The van der Waals surface area contributed by atoms with E-state index in [1.807, 2.05) is 6.92 Å². The lowest BCUT2D eigenvalue weighted by Crippen LogP contribution is -1.99. The molecule has 0 aliphatic carbocycles. The molecule has 84 valence electrons. The third-order valence-electron chi connectivity index (χ3n) is 2.53. The molecule has 0 spiro atoms. The quantitative estimate of drug-likeness (QED) is 0.857. The van der Waals surface area contributed by atoms with Crippen LogP contribution in [0, 0.1) is 13.8 Å². The Morgan fingerprint density at radius 1 is 1.25 bits per heavy atom. The fourth-order valence-electron chi connectivity index (χ4n) is 1.40. The SMILES string of the molecule is Cc1ccc(CNc2snc(N)c2C)cc1. The van der Waals surface area contributed by atoms with E-state index in [9.17, 15) is 0 Å². The van der Waals surface area contributed by atoms with Crippen molar-refractivity contribution in [1.82, 2.24) is 4.37 Å². The Hall–Kier alpha value is -1.55. The highest BCUT2D eigenvalue weighted by atomic mass is 32.1. The summed E-state index contributed by atoms with van der Waals surface area (Å²) in [4.78, 5) is 0. The van der Waals surface area contributed by atoms with Gasteiger partial charge in [0.15, 0.2) is 0 Å². The molecule has 2 aromatic rings. The zero-order chi connectivity index (χ0) is 11.5. The summed E-state index contributed by atoms with van der Waals surface area (Å²) in [6, 6.07) is 8.49. The zero-order valence-electron chi connectivity index (χ0n) is 9.45. The molecule has 0 saturated carbocycles. The number of nitrogens with one attached hydrogen (secondary N) is 1. The number of anilines is 2. The first kappa shape index (κ1) is 11.0. The molecule has 0 unspecified atom stereocenters. The van der Waals surface area contributed by atoms with E-state index in [0.29, 0.717) is 5.82 Å². The van der Waals surface area contributed by atoms with Crippen LogP contribution in [0.25, 0.3) is 0 Å². The van der Waals surface area contributed by atoms with Crippen LogP contribution in [0.2, 0.25) is 0 Å². The minimum atomic E-state index is 0.622. The molecule has 3 N–H and O–H groups in total. The molecular formula is C12H15N3S. The first-order valence-electron chi connectivity index (χ1n) is 5.18. The highest BCUT2D eigenvalue weighted by molar-refractivity contribution is 7.10. The van der Waals surface area contributed by atoms with Crippen molar-refractivity contribution in [2.24, 2.45) is 0 Å². The van der Waals surface area contributed by atoms with Gasteiger partial charge in [-0.05, 0) is 30.9 Å². The van der Waals surface area contributed by atoms with E-state index in [4.69, 9.17) is 5.73 Å². The second-order valence-corrected chi connectivity index (χ2v) is 4.63. The Kier molecular flexibility index (Phi) is 3.10. The van der Waals surface area contributed by atoms with Crippen LogP contribution < -0.4 is 11.1 Å². The molecule has 0 radical (unpaired) electrons. The van der Waals surface area contributed by atoms with Crippen molar-refractivity contribution < 1.29 is 0 Å². The number of nitrogens with two attached hydrogens (primary N) is 1. The second kappa shape index (κ2) is 4.53. The zero-order valence-corrected chi connectivity index (χ0v) is 10.3. The van der Waals surface area contributed by atoms with Gasteiger partial charge in [-0.15, -0.1) is 0 Å². The van der Waals surface area contributed by atoms with Crippen LogP contribution in [-0.2, 0) is 6.54 Å². The van der Waals surface area contributed by atoms with Gasteiger partial charge in [-0.1, -0.05) is 29.8 Å². The van der Waals surface area contributed by atoms with Gasteiger partial charge >= 0.3 is 0 Å². The second-order valence-electron chi connectivity index (χ2n) is 3.86. The van der Waals surface area contributed by atoms with Crippen molar-refractivity contribution in [3.8, 4) is 0 Å². The highest BCUT2D eigenvalue weighted by Gasteiger charge is 2.05. The first-order chi connectivity index (χ1) is 7.66.